The minimum atomic E-state index is -3.39. The number of rotatable bonds is 5. The molecule has 5 nitrogen and oxygen atoms in total. The van der Waals surface area contributed by atoms with Gasteiger partial charge in [0.25, 0.3) is 5.91 Å². The smallest absolute Gasteiger partial charge is 0.251 e. The maximum absolute atomic E-state index is 12.1. The van der Waals surface area contributed by atoms with Crippen LogP contribution in [0.5, 0.6) is 0 Å². The van der Waals surface area contributed by atoms with Crippen LogP contribution in [0.2, 0.25) is 0 Å². The molecule has 2 unspecified atom stereocenters. The highest BCUT2D eigenvalue weighted by Crippen LogP contribution is 2.17. The predicted octanol–water partition coefficient (Wildman–Crippen LogP) is 1.84. The van der Waals surface area contributed by atoms with Gasteiger partial charge < -0.3 is 11.1 Å². The van der Waals surface area contributed by atoms with E-state index in [0.29, 0.717) is 5.92 Å². The zero-order valence-electron chi connectivity index (χ0n) is 12.3. The van der Waals surface area contributed by atoms with Crippen molar-refractivity contribution in [1.29, 1.82) is 0 Å². The van der Waals surface area contributed by atoms with Crippen LogP contribution in [0.4, 0.5) is 5.69 Å². The zero-order chi connectivity index (χ0) is 15.5. The summed E-state index contributed by atoms with van der Waals surface area (Å²) in [4.78, 5) is 12.2. The van der Waals surface area contributed by atoms with Crippen LogP contribution in [0.15, 0.2) is 23.1 Å². The lowest BCUT2D eigenvalue weighted by Gasteiger charge is -2.20. The largest absolute Gasteiger partial charge is 0.399 e. The highest BCUT2D eigenvalue weighted by atomic mass is 32.2. The van der Waals surface area contributed by atoms with Crippen LogP contribution in [0, 0.1) is 5.92 Å². The fourth-order valence-electron chi connectivity index (χ4n) is 1.75. The molecule has 3 N–H and O–H groups in total. The minimum absolute atomic E-state index is 0.00983. The molecule has 0 saturated heterocycles. The number of benzene rings is 1. The molecule has 0 bridgehead atoms. The van der Waals surface area contributed by atoms with E-state index in [1.807, 2.05) is 13.8 Å². The topological polar surface area (TPSA) is 89.3 Å². The molecule has 0 radical (unpaired) electrons. The lowest BCUT2D eigenvalue weighted by atomic mass is 10.0. The molecule has 20 heavy (non-hydrogen) atoms. The maximum atomic E-state index is 12.1. The molecule has 1 aromatic carbocycles. The molecule has 0 saturated carbocycles. The average molecular weight is 298 g/mol. The average Bonchev–Trinajstić information content (AvgIpc) is 2.35. The van der Waals surface area contributed by atoms with Crippen LogP contribution in [0.3, 0.4) is 0 Å². The Morgan fingerprint density at radius 3 is 2.40 bits per heavy atom. The monoisotopic (exact) mass is 298 g/mol. The van der Waals surface area contributed by atoms with Crippen molar-refractivity contribution in [2.45, 2.75) is 38.1 Å². The van der Waals surface area contributed by atoms with Gasteiger partial charge in [-0.2, -0.15) is 0 Å². The first-order chi connectivity index (χ1) is 9.15. The van der Waals surface area contributed by atoms with E-state index < -0.39 is 9.84 Å². The zero-order valence-corrected chi connectivity index (χ0v) is 13.1. The van der Waals surface area contributed by atoms with Gasteiger partial charge >= 0.3 is 0 Å². The van der Waals surface area contributed by atoms with Gasteiger partial charge in [0.15, 0.2) is 9.84 Å². The van der Waals surface area contributed by atoms with Crippen LogP contribution in [0.1, 0.15) is 37.6 Å². The number of nitrogens with two attached hydrogens (primary N) is 1. The lowest BCUT2D eigenvalue weighted by Crippen LogP contribution is -2.37. The molecule has 112 valence electrons. The summed E-state index contributed by atoms with van der Waals surface area (Å²) in [5.41, 5.74) is 6.19. The van der Waals surface area contributed by atoms with Crippen molar-refractivity contribution in [2.75, 3.05) is 12.0 Å². The Morgan fingerprint density at radius 2 is 1.90 bits per heavy atom. The van der Waals surface area contributed by atoms with E-state index in [2.05, 4.69) is 12.2 Å². The lowest BCUT2D eigenvalue weighted by molar-refractivity contribution is 0.0928. The molecule has 0 aromatic heterocycles. The number of sulfone groups is 1. The van der Waals surface area contributed by atoms with E-state index in [1.165, 1.54) is 18.2 Å². The Hall–Kier alpha value is -1.56. The molecule has 0 aliphatic rings. The van der Waals surface area contributed by atoms with E-state index in [1.54, 1.807) is 0 Å². The second-order valence-corrected chi connectivity index (χ2v) is 7.23. The standard InChI is InChI=1S/C14H22N2O3S/c1-5-9(2)10(3)16-14(17)11-6-12(15)8-13(7-11)20(4,18)19/h6-10H,5,15H2,1-4H3,(H,16,17). The van der Waals surface area contributed by atoms with E-state index in [-0.39, 0.29) is 28.1 Å². The summed E-state index contributed by atoms with van der Waals surface area (Å²) in [6.45, 7) is 6.03. The van der Waals surface area contributed by atoms with Crippen LogP contribution >= 0.6 is 0 Å². The van der Waals surface area contributed by atoms with Gasteiger partial charge in [0.1, 0.15) is 0 Å². The molecule has 1 amide bonds. The normalized spacial score (nSPS) is 14.6. The molecule has 0 aliphatic carbocycles. The summed E-state index contributed by atoms with van der Waals surface area (Å²) in [5, 5.41) is 2.86. The second kappa shape index (κ2) is 6.26. The highest BCUT2D eigenvalue weighted by Gasteiger charge is 2.17. The molecule has 0 aliphatic heterocycles. The Morgan fingerprint density at radius 1 is 1.30 bits per heavy atom. The van der Waals surface area contributed by atoms with E-state index in [9.17, 15) is 13.2 Å². The van der Waals surface area contributed by atoms with Gasteiger partial charge in [0.05, 0.1) is 4.90 Å². The third-order valence-corrected chi connectivity index (χ3v) is 4.57. The first kappa shape index (κ1) is 16.5. The van der Waals surface area contributed by atoms with E-state index in [4.69, 9.17) is 5.73 Å². The van der Waals surface area contributed by atoms with Crippen LogP contribution in [-0.2, 0) is 9.84 Å². The Labute approximate surface area is 120 Å². The van der Waals surface area contributed by atoms with Crippen LogP contribution < -0.4 is 11.1 Å². The number of nitrogen functional groups attached to an aromatic ring is 1. The van der Waals surface area contributed by atoms with E-state index >= 15 is 0 Å². The third-order valence-electron chi connectivity index (χ3n) is 3.48. The number of hydrogen-bond donors (Lipinski definition) is 2. The van der Waals surface area contributed by atoms with Crippen molar-refractivity contribution in [1.82, 2.24) is 5.32 Å². The Kier molecular flexibility index (Phi) is 5.16. The summed E-state index contributed by atoms with van der Waals surface area (Å²) in [5.74, 6) is 0.0318. The summed E-state index contributed by atoms with van der Waals surface area (Å²) < 4.78 is 23.1. The number of nitrogens with one attached hydrogen (secondary N) is 1. The van der Waals surface area contributed by atoms with Crippen molar-refractivity contribution in [2.24, 2.45) is 5.92 Å². The number of carbonyl (C=O) groups excluding carboxylic acids is 1. The predicted molar refractivity (Wildman–Crippen MR) is 80.3 cm³/mol. The molecule has 2 atom stereocenters. The van der Waals surface area contributed by atoms with Crippen molar-refractivity contribution < 1.29 is 13.2 Å². The van der Waals surface area contributed by atoms with Crippen molar-refractivity contribution in [3.05, 3.63) is 23.8 Å². The summed E-state index contributed by atoms with van der Waals surface area (Å²) in [7, 11) is -3.39. The minimum Gasteiger partial charge on any atom is -0.399 e. The molecular formula is C14H22N2O3S. The summed E-state index contributed by atoms with van der Waals surface area (Å²) >= 11 is 0. The van der Waals surface area contributed by atoms with Crippen molar-refractivity contribution >= 4 is 21.4 Å². The molecule has 1 rings (SSSR count). The van der Waals surface area contributed by atoms with Gasteiger partial charge in [-0.1, -0.05) is 20.3 Å². The quantitative estimate of drug-likeness (QED) is 0.812. The number of amides is 1. The first-order valence-corrected chi connectivity index (χ1v) is 8.45. The number of anilines is 1. The summed E-state index contributed by atoms with van der Waals surface area (Å²) in [6, 6.07) is 4.19. The maximum Gasteiger partial charge on any atom is 0.251 e. The van der Waals surface area contributed by atoms with E-state index in [0.717, 1.165) is 12.7 Å². The van der Waals surface area contributed by atoms with Crippen LogP contribution in [0.25, 0.3) is 0 Å². The second-order valence-electron chi connectivity index (χ2n) is 5.21. The fraction of sp³-hybridized carbons (Fsp3) is 0.500. The van der Waals surface area contributed by atoms with Gasteiger partial charge in [-0.05, 0) is 31.0 Å². The molecule has 0 fully saturated rings. The molecule has 1 aromatic rings. The summed E-state index contributed by atoms with van der Waals surface area (Å²) in [6.07, 6.45) is 2.04. The SMILES string of the molecule is CCC(C)C(C)NC(=O)c1cc(N)cc(S(C)(=O)=O)c1. The Bertz CT molecular complexity index is 596. The molecule has 0 spiro atoms. The Balaban J connectivity index is 3.03. The van der Waals surface area contributed by atoms with Gasteiger partial charge in [0, 0.05) is 23.5 Å². The van der Waals surface area contributed by atoms with Gasteiger partial charge in [-0.25, -0.2) is 8.42 Å². The van der Waals surface area contributed by atoms with Crippen molar-refractivity contribution in [3.8, 4) is 0 Å². The van der Waals surface area contributed by atoms with Gasteiger partial charge in [-0.15, -0.1) is 0 Å². The first-order valence-electron chi connectivity index (χ1n) is 6.56. The van der Waals surface area contributed by atoms with Gasteiger partial charge in [-0.3, -0.25) is 4.79 Å². The van der Waals surface area contributed by atoms with Crippen LogP contribution in [-0.4, -0.2) is 26.6 Å². The fourth-order valence-corrected chi connectivity index (χ4v) is 2.44. The molecular weight excluding hydrogens is 276 g/mol. The molecule has 6 heteroatoms. The number of carbonyl (C=O) groups is 1. The third kappa shape index (κ3) is 4.23. The van der Waals surface area contributed by atoms with Gasteiger partial charge in [0.2, 0.25) is 0 Å². The molecule has 0 heterocycles. The van der Waals surface area contributed by atoms with Crippen molar-refractivity contribution in [3.63, 3.8) is 0 Å². The number of hydrogen-bond acceptors (Lipinski definition) is 4. The highest BCUT2D eigenvalue weighted by molar-refractivity contribution is 7.90.